The van der Waals surface area contributed by atoms with Crippen LogP contribution in [0.15, 0.2) is 29.8 Å². The molecule has 0 radical (unpaired) electrons. The molecular formula is C23H31N5O5. The monoisotopic (exact) mass is 457 g/mol. The molecule has 2 aromatic rings. The van der Waals surface area contributed by atoms with Crippen LogP contribution in [0.5, 0.6) is 0 Å². The second kappa shape index (κ2) is 8.66. The Hall–Kier alpha value is -3.14. The second-order valence-corrected chi connectivity index (χ2v) is 10.1. The lowest BCUT2D eigenvalue weighted by Gasteiger charge is -2.24. The van der Waals surface area contributed by atoms with Gasteiger partial charge in [-0.2, -0.15) is 0 Å². The fourth-order valence-electron chi connectivity index (χ4n) is 4.47. The Morgan fingerprint density at radius 1 is 1.21 bits per heavy atom. The number of nitrogens with zero attached hydrogens (tertiary/aromatic N) is 5. The highest BCUT2D eigenvalue weighted by Gasteiger charge is 2.43. The van der Waals surface area contributed by atoms with Gasteiger partial charge >= 0.3 is 6.16 Å². The number of nitro benzene ring substituents is 1. The summed E-state index contributed by atoms with van der Waals surface area (Å²) in [7, 11) is 0. The van der Waals surface area contributed by atoms with E-state index in [1.54, 1.807) is 38.0 Å². The number of non-ortho nitro benzene ring substituents is 1. The molecule has 0 aliphatic carbocycles. The van der Waals surface area contributed by atoms with Crippen LogP contribution >= 0.6 is 0 Å². The molecule has 2 unspecified atom stereocenters. The van der Waals surface area contributed by atoms with Gasteiger partial charge in [0.15, 0.2) is 0 Å². The first-order valence-corrected chi connectivity index (χ1v) is 11.2. The van der Waals surface area contributed by atoms with Crippen molar-refractivity contribution >= 4 is 28.8 Å². The van der Waals surface area contributed by atoms with E-state index in [0.717, 1.165) is 30.1 Å². The van der Waals surface area contributed by atoms with E-state index < -0.39 is 11.8 Å². The highest BCUT2D eigenvalue weighted by Crippen LogP contribution is 2.36. The third kappa shape index (κ3) is 5.11. The highest BCUT2D eigenvalue weighted by atomic mass is 16.8. The maximum absolute atomic E-state index is 12.0. The Balaban J connectivity index is 1.51. The summed E-state index contributed by atoms with van der Waals surface area (Å²) in [5.74, 6) is 1.48. The average molecular weight is 458 g/mol. The van der Waals surface area contributed by atoms with Crippen LogP contribution in [0.2, 0.25) is 0 Å². The zero-order valence-corrected chi connectivity index (χ0v) is 19.8. The van der Waals surface area contributed by atoms with Gasteiger partial charge in [-0.05, 0) is 52.5 Å². The number of carbonyl (C=O) groups is 1. The molecule has 10 nitrogen and oxygen atoms in total. The van der Waals surface area contributed by atoms with Gasteiger partial charge in [-0.15, -0.1) is 5.06 Å². The topological polar surface area (TPSA) is 103 Å². The minimum absolute atomic E-state index is 0.0561. The molecule has 3 heterocycles. The molecule has 1 aromatic heterocycles. The Bertz CT molecular complexity index is 1080. The fraction of sp³-hybridized carbons (Fsp3) is 0.565. The summed E-state index contributed by atoms with van der Waals surface area (Å²) in [6, 6.07) is 4.80. The van der Waals surface area contributed by atoms with Crippen molar-refractivity contribution in [1.82, 2.24) is 14.6 Å². The molecule has 178 valence electrons. The van der Waals surface area contributed by atoms with Crippen molar-refractivity contribution in [2.45, 2.75) is 46.8 Å². The van der Waals surface area contributed by atoms with E-state index >= 15 is 0 Å². The summed E-state index contributed by atoms with van der Waals surface area (Å²) in [6.45, 7) is 12.9. The number of anilines is 1. The van der Waals surface area contributed by atoms with Crippen molar-refractivity contribution in [2.24, 2.45) is 11.8 Å². The molecule has 10 heteroatoms. The Morgan fingerprint density at radius 3 is 2.45 bits per heavy atom. The molecule has 2 aliphatic heterocycles. The molecule has 0 N–H and O–H groups in total. The van der Waals surface area contributed by atoms with Crippen LogP contribution in [0, 0.1) is 22.0 Å². The van der Waals surface area contributed by atoms with Crippen molar-refractivity contribution in [3.63, 3.8) is 0 Å². The number of allylic oxidation sites excluding steroid dienone is 2. The van der Waals surface area contributed by atoms with E-state index in [1.807, 2.05) is 18.4 Å². The molecule has 4 rings (SSSR count). The first-order chi connectivity index (χ1) is 15.5. The van der Waals surface area contributed by atoms with E-state index in [1.165, 1.54) is 11.6 Å². The average Bonchev–Trinajstić information content (AvgIpc) is 3.34. The van der Waals surface area contributed by atoms with E-state index in [4.69, 9.17) is 14.6 Å². The van der Waals surface area contributed by atoms with Crippen molar-refractivity contribution < 1.29 is 19.3 Å². The standard InChI is InChI=1S/C23H31N5O5/c1-15(2)8-9-27-20-10-18(28(30)31)6-7-19(20)24-21(27)25-11-16-13-26(14-17(16)12-25)33-22(29)32-23(3,4)5/h6-8,10,16-17H,9,11-14H2,1-5H3. The number of benzene rings is 1. The van der Waals surface area contributed by atoms with Crippen LogP contribution in [-0.2, 0) is 16.1 Å². The summed E-state index contributed by atoms with van der Waals surface area (Å²) < 4.78 is 7.30. The molecule has 2 fully saturated rings. The molecule has 2 aliphatic rings. The Labute approximate surface area is 192 Å². The van der Waals surface area contributed by atoms with Gasteiger partial charge in [-0.1, -0.05) is 11.6 Å². The van der Waals surface area contributed by atoms with Gasteiger partial charge in [0, 0.05) is 44.9 Å². The van der Waals surface area contributed by atoms with Crippen molar-refractivity contribution in [3.05, 3.63) is 40.0 Å². The number of imidazole rings is 1. The van der Waals surface area contributed by atoms with Gasteiger partial charge in [0.05, 0.1) is 16.0 Å². The third-order valence-corrected chi connectivity index (χ3v) is 5.93. The Morgan fingerprint density at radius 2 is 1.88 bits per heavy atom. The van der Waals surface area contributed by atoms with Crippen molar-refractivity contribution in [2.75, 3.05) is 31.1 Å². The Kier molecular flexibility index (Phi) is 6.04. The SMILES string of the molecule is CC(C)=CCn1c(N2CC3CN(OC(=O)OC(C)(C)C)CC3C2)nc2ccc([N+](=O)[O-])cc21. The number of aromatic nitrogens is 2. The van der Waals surface area contributed by atoms with Crippen molar-refractivity contribution in [1.29, 1.82) is 0 Å². The van der Waals surface area contributed by atoms with E-state index in [-0.39, 0.29) is 10.6 Å². The number of rotatable bonds is 5. The van der Waals surface area contributed by atoms with E-state index in [0.29, 0.717) is 31.5 Å². The molecule has 1 aromatic carbocycles. The van der Waals surface area contributed by atoms with Gasteiger partial charge in [-0.3, -0.25) is 10.1 Å². The van der Waals surface area contributed by atoms with Crippen LogP contribution in [0.25, 0.3) is 11.0 Å². The quantitative estimate of drug-likeness (QED) is 0.286. The lowest BCUT2D eigenvalue weighted by Crippen LogP contribution is -2.34. The molecule has 33 heavy (non-hydrogen) atoms. The molecule has 0 bridgehead atoms. The van der Waals surface area contributed by atoms with Gasteiger partial charge < -0.3 is 19.0 Å². The number of hydrogen-bond acceptors (Lipinski definition) is 8. The maximum Gasteiger partial charge on any atom is 0.528 e. The predicted octanol–water partition coefficient (Wildman–Crippen LogP) is 4.15. The number of fused-ring (bicyclic) bond motifs is 2. The number of carbonyl (C=O) groups excluding carboxylic acids is 1. The summed E-state index contributed by atoms with van der Waals surface area (Å²) >= 11 is 0. The number of nitro groups is 1. The largest absolute Gasteiger partial charge is 0.528 e. The van der Waals surface area contributed by atoms with Crippen LogP contribution in [0.3, 0.4) is 0 Å². The summed E-state index contributed by atoms with van der Waals surface area (Å²) in [5, 5.41) is 13.0. The first-order valence-electron chi connectivity index (χ1n) is 11.2. The van der Waals surface area contributed by atoms with Gasteiger partial charge in [0.2, 0.25) is 5.95 Å². The predicted molar refractivity (Wildman–Crippen MR) is 124 cm³/mol. The lowest BCUT2D eigenvalue weighted by atomic mass is 10.0. The molecule has 2 saturated heterocycles. The fourth-order valence-corrected chi connectivity index (χ4v) is 4.47. The number of hydroxylamine groups is 2. The maximum atomic E-state index is 12.0. The van der Waals surface area contributed by atoms with Crippen LogP contribution in [0.1, 0.15) is 34.6 Å². The van der Waals surface area contributed by atoms with Crippen LogP contribution in [0.4, 0.5) is 16.4 Å². The molecule has 2 atom stereocenters. The molecular weight excluding hydrogens is 426 g/mol. The summed E-state index contributed by atoms with van der Waals surface area (Å²) in [5.41, 5.74) is 2.12. The third-order valence-electron chi connectivity index (χ3n) is 5.93. The van der Waals surface area contributed by atoms with Crippen LogP contribution in [-0.4, -0.2) is 57.5 Å². The smallest absolute Gasteiger partial charge is 0.427 e. The zero-order valence-electron chi connectivity index (χ0n) is 19.8. The first kappa shape index (κ1) is 23.0. The molecule has 0 amide bonds. The van der Waals surface area contributed by atoms with Gasteiger partial charge in [-0.25, -0.2) is 9.78 Å². The lowest BCUT2D eigenvalue weighted by molar-refractivity contribution is -0.384. The van der Waals surface area contributed by atoms with E-state index in [9.17, 15) is 14.9 Å². The normalized spacial score (nSPS) is 20.7. The molecule has 0 spiro atoms. The molecule has 0 saturated carbocycles. The minimum atomic E-state index is -0.676. The second-order valence-electron chi connectivity index (χ2n) is 10.1. The zero-order chi connectivity index (χ0) is 23.9. The number of hydrogen-bond donors (Lipinski definition) is 0. The highest BCUT2D eigenvalue weighted by molar-refractivity contribution is 5.81. The summed E-state index contributed by atoms with van der Waals surface area (Å²) in [4.78, 5) is 35.4. The van der Waals surface area contributed by atoms with Crippen molar-refractivity contribution in [3.8, 4) is 0 Å². The van der Waals surface area contributed by atoms with Gasteiger partial charge in [0.1, 0.15) is 5.60 Å². The number of ether oxygens (including phenoxy) is 1. The summed E-state index contributed by atoms with van der Waals surface area (Å²) in [6.07, 6.45) is 1.42. The minimum Gasteiger partial charge on any atom is -0.427 e. The van der Waals surface area contributed by atoms with Gasteiger partial charge in [0.25, 0.3) is 5.69 Å². The van der Waals surface area contributed by atoms with Crippen LogP contribution < -0.4 is 4.90 Å². The van der Waals surface area contributed by atoms with E-state index in [2.05, 4.69) is 11.0 Å².